The number of hydrogen-bond acceptors (Lipinski definition) is 7. The van der Waals surface area contributed by atoms with E-state index in [1.54, 1.807) is 24.6 Å². The van der Waals surface area contributed by atoms with Crippen molar-refractivity contribution < 1.29 is 19.1 Å². The van der Waals surface area contributed by atoms with Gasteiger partial charge in [-0.3, -0.25) is 9.59 Å². The molecule has 2 amide bonds. The summed E-state index contributed by atoms with van der Waals surface area (Å²) in [7, 11) is 3.03. The summed E-state index contributed by atoms with van der Waals surface area (Å²) in [5.74, 6) is -0.551. The van der Waals surface area contributed by atoms with Crippen LogP contribution in [0.25, 0.3) is 0 Å². The highest BCUT2D eigenvalue weighted by Crippen LogP contribution is 2.35. The lowest BCUT2D eigenvalue weighted by Crippen LogP contribution is -2.20. The maximum Gasteiger partial charge on any atom is 0.267 e. The first-order valence-electron chi connectivity index (χ1n) is 9.91. The predicted octanol–water partition coefficient (Wildman–Crippen LogP) is 5.35. The van der Waals surface area contributed by atoms with Crippen molar-refractivity contribution in [2.45, 2.75) is 6.54 Å². The monoisotopic (exact) mass is 542 g/mol. The molecule has 34 heavy (non-hydrogen) atoms. The number of ether oxygens (including phenoxy) is 2. The van der Waals surface area contributed by atoms with Crippen LogP contribution in [-0.4, -0.2) is 44.2 Å². The highest BCUT2D eigenvalue weighted by Gasteiger charge is 2.23. The number of hydrogen-bond donors (Lipinski definition) is 3. The van der Waals surface area contributed by atoms with E-state index in [9.17, 15) is 9.59 Å². The molecule has 3 aromatic rings. The number of anilines is 2. The van der Waals surface area contributed by atoms with Gasteiger partial charge in [0.2, 0.25) is 0 Å². The third kappa shape index (κ3) is 6.59. The zero-order valence-corrected chi connectivity index (χ0v) is 21.3. The van der Waals surface area contributed by atoms with Crippen LogP contribution in [0.4, 0.5) is 11.5 Å². The van der Waals surface area contributed by atoms with Gasteiger partial charge in [0.1, 0.15) is 16.4 Å². The average molecular weight is 544 g/mol. The summed E-state index contributed by atoms with van der Waals surface area (Å²) in [6, 6.07) is 6.06. The number of nitrogens with one attached hydrogen (secondary N) is 3. The number of thiophene rings is 1. The van der Waals surface area contributed by atoms with E-state index in [-0.39, 0.29) is 27.8 Å². The number of rotatable bonds is 10. The van der Waals surface area contributed by atoms with Gasteiger partial charge in [-0.25, -0.2) is 4.98 Å². The van der Waals surface area contributed by atoms with E-state index < -0.39 is 11.8 Å². The summed E-state index contributed by atoms with van der Waals surface area (Å²) in [6.45, 7) is 1.69. The summed E-state index contributed by atoms with van der Waals surface area (Å²) >= 11 is 19.7. The van der Waals surface area contributed by atoms with Gasteiger partial charge in [-0.1, -0.05) is 34.8 Å². The molecule has 0 aliphatic rings. The fourth-order valence-corrected chi connectivity index (χ4v) is 4.48. The zero-order valence-electron chi connectivity index (χ0n) is 18.2. The topological polar surface area (TPSA) is 102 Å². The van der Waals surface area contributed by atoms with E-state index in [0.717, 1.165) is 5.56 Å². The molecule has 12 heteroatoms. The van der Waals surface area contributed by atoms with Crippen LogP contribution in [0.15, 0.2) is 35.8 Å². The SMILES string of the molecule is COCCNCc1csc(C(=O)Nc2c(OC)cc(Cl)cc2C(=O)Nc2ccc(Cl)cn2)c1Cl. The summed E-state index contributed by atoms with van der Waals surface area (Å²) in [5, 5.41) is 11.4. The van der Waals surface area contributed by atoms with Crippen molar-refractivity contribution in [3.63, 3.8) is 0 Å². The van der Waals surface area contributed by atoms with Crippen LogP contribution in [0, 0.1) is 0 Å². The number of carbonyl (C=O) groups excluding carboxylic acids is 2. The quantitative estimate of drug-likeness (QED) is 0.298. The lowest BCUT2D eigenvalue weighted by atomic mass is 10.1. The van der Waals surface area contributed by atoms with Crippen LogP contribution >= 0.6 is 46.1 Å². The van der Waals surface area contributed by atoms with Gasteiger partial charge in [0.15, 0.2) is 0 Å². The molecule has 1 aromatic carbocycles. The number of carbonyl (C=O) groups is 2. The van der Waals surface area contributed by atoms with Crippen molar-refractivity contribution in [2.24, 2.45) is 0 Å². The second kappa shape index (κ2) is 12.3. The van der Waals surface area contributed by atoms with Crippen LogP contribution in [0.2, 0.25) is 15.1 Å². The second-order valence-electron chi connectivity index (χ2n) is 6.87. The number of amides is 2. The Morgan fingerprint density at radius 2 is 1.85 bits per heavy atom. The number of nitrogens with zero attached hydrogens (tertiary/aromatic N) is 1. The maximum absolute atomic E-state index is 13.1. The van der Waals surface area contributed by atoms with Crippen molar-refractivity contribution in [2.75, 3.05) is 38.0 Å². The van der Waals surface area contributed by atoms with Gasteiger partial charge in [-0.15, -0.1) is 11.3 Å². The lowest BCUT2D eigenvalue weighted by Gasteiger charge is -2.15. The van der Waals surface area contributed by atoms with E-state index in [2.05, 4.69) is 20.9 Å². The Kier molecular flexibility index (Phi) is 9.52. The van der Waals surface area contributed by atoms with Gasteiger partial charge < -0.3 is 25.4 Å². The Hall–Kier alpha value is -2.40. The molecule has 2 heterocycles. The molecule has 3 N–H and O–H groups in total. The molecule has 0 aliphatic carbocycles. The number of aromatic nitrogens is 1. The Morgan fingerprint density at radius 1 is 1.06 bits per heavy atom. The minimum absolute atomic E-state index is 0.0867. The van der Waals surface area contributed by atoms with E-state index in [0.29, 0.717) is 34.6 Å². The third-order valence-electron chi connectivity index (χ3n) is 4.54. The zero-order chi connectivity index (χ0) is 24.7. The molecule has 3 rings (SSSR count). The van der Waals surface area contributed by atoms with Crippen LogP contribution in [0.5, 0.6) is 5.75 Å². The smallest absolute Gasteiger partial charge is 0.267 e. The molecule has 0 unspecified atom stereocenters. The molecular weight excluding hydrogens is 523 g/mol. The van der Waals surface area contributed by atoms with E-state index in [1.165, 1.54) is 36.8 Å². The lowest BCUT2D eigenvalue weighted by molar-refractivity contribution is 0.102. The molecule has 0 bridgehead atoms. The third-order valence-corrected chi connectivity index (χ3v) is 6.56. The Balaban J connectivity index is 1.85. The maximum atomic E-state index is 13.1. The highest BCUT2D eigenvalue weighted by molar-refractivity contribution is 7.13. The molecule has 0 aliphatic heterocycles. The summed E-state index contributed by atoms with van der Waals surface area (Å²) in [5.41, 5.74) is 1.01. The Bertz CT molecular complexity index is 1170. The summed E-state index contributed by atoms with van der Waals surface area (Å²) < 4.78 is 10.4. The van der Waals surface area contributed by atoms with Gasteiger partial charge in [0, 0.05) is 37.5 Å². The molecule has 0 atom stereocenters. The molecule has 0 fully saturated rings. The van der Waals surface area contributed by atoms with Crippen molar-refractivity contribution in [3.8, 4) is 5.75 Å². The standard InChI is InChI=1S/C22H21Cl3N4O4S/c1-32-6-5-26-9-12-11-34-20(18(12)25)22(31)29-19-15(7-14(24)8-16(19)33-2)21(30)28-17-4-3-13(23)10-27-17/h3-4,7-8,10-11,26H,5-6,9H2,1-2H3,(H,29,31)(H,27,28,30). The number of pyridine rings is 1. The number of benzene rings is 1. The molecule has 0 radical (unpaired) electrons. The van der Waals surface area contributed by atoms with Crippen LogP contribution in [0.1, 0.15) is 25.6 Å². The second-order valence-corrected chi connectivity index (χ2v) is 9.00. The van der Waals surface area contributed by atoms with Crippen molar-refractivity contribution in [3.05, 3.63) is 66.9 Å². The number of halogens is 3. The van der Waals surface area contributed by atoms with Crippen LogP contribution < -0.4 is 20.7 Å². The van der Waals surface area contributed by atoms with Gasteiger partial charge in [-0.05, 0) is 29.1 Å². The molecule has 2 aromatic heterocycles. The predicted molar refractivity (Wildman–Crippen MR) is 136 cm³/mol. The normalized spacial score (nSPS) is 10.7. The summed E-state index contributed by atoms with van der Waals surface area (Å²) in [4.78, 5) is 30.4. The fourth-order valence-electron chi connectivity index (χ4n) is 2.90. The van der Waals surface area contributed by atoms with E-state index in [4.69, 9.17) is 44.3 Å². The van der Waals surface area contributed by atoms with Gasteiger partial charge >= 0.3 is 0 Å². The van der Waals surface area contributed by atoms with Gasteiger partial charge in [0.05, 0.1) is 35.0 Å². The molecular formula is C22H21Cl3N4O4S. The van der Waals surface area contributed by atoms with Crippen LogP contribution in [-0.2, 0) is 11.3 Å². The van der Waals surface area contributed by atoms with Crippen LogP contribution in [0.3, 0.4) is 0 Å². The van der Waals surface area contributed by atoms with Gasteiger partial charge in [-0.2, -0.15) is 0 Å². The Morgan fingerprint density at radius 3 is 2.53 bits per heavy atom. The summed E-state index contributed by atoms with van der Waals surface area (Å²) in [6.07, 6.45) is 1.40. The van der Waals surface area contributed by atoms with Crippen molar-refractivity contribution in [1.29, 1.82) is 0 Å². The van der Waals surface area contributed by atoms with E-state index >= 15 is 0 Å². The molecule has 0 spiro atoms. The molecule has 8 nitrogen and oxygen atoms in total. The molecule has 0 saturated carbocycles. The minimum atomic E-state index is -0.550. The largest absolute Gasteiger partial charge is 0.494 e. The first kappa shape index (κ1) is 26.2. The fraction of sp³-hybridized carbons (Fsp3) is 0.227. The molecule has 0 saturated heterocycles. The Labute approximate surface area is 215 Å². The minimum Gasteiger partial charge on any atom is -0.494 e. The van der Waals surface area contributed by atoms with E-state index in [1.807, 2.05) is 0 Å². The van der Waals surface area contributed by atoms with Gasteiger partial charge in [0.25, 0.3) is 11.8 Å². The highest BCUT2D eigenvalue weighted by atomic mass is 35.5. The van der Waals surface area contributed by atoms with Crippen molar-refractivity contribution in [1.82, 2.24) is 10.3 Å². The average Bonchev–Trinajstić information content (AvgIpc) is 3.19. The molecule has 180 valence electrons. The first-order valence-corrected chi connectivity index (χ1v) is 11.9. The first-order chi connectivity index (χ1) is 16.3. The number of methoxy groups -OCH3 is 2. The van der Waals surface area contributed by atoms with Crippen molar-refractivity contribution >= 4 is 69.5 Å².